The molecule has 3 aromatic carbocycles. The van der Waals surface area contributed by atoms with Crippen molar-refractivity contribution in [1.29, 1.82) is 0 Å². The van der Waals surface area contributed by atoms with Crippen molar-refractivity contribution in [2.24, 2.45) is 5.92 Å². The normalized spacial score (nSPS) is 17.4. The van der Waals surface area contributed by atoms with Crippen LogP contribution in [-0.2, 0) is 27.4 Å². The average Bonchev–Trinajstić information content (AvgIpc) is 3.08. The van der Waals surface area contributed by atoms with Gasteiger partial charge in [0.1, 0.15) is 0 Å². The first-order chi connectivity index (χ1) is 18.6. The molecule has 1 aliphatic carbocycles. The van der Waals surface area contributed by atoms with E-state index in [9.17, 15) is 0 Å². The molecule has 213 valence electrons. The van der Waals surface area contributed by atoms with Gasteiger partial charge < -0.3 is 0 Å². The van der Waals surface area contributed by atoms with Gasteiger partial charge in [-0.05, 0) is 0 Å². The predicted molar refractivity (Wildman–Crippen MR) is 180 cm³/mol. The Morgan fingerprint density at radius 1 is 0.625 bits per heavy atom. The van der Waals surface area contributed by atoms with E-state index in [1.54, 1.807) is 26.7 Å². The molecule has 0 nitrogen and oxygen atoms in total. The van der Waals surface area contributed by atoms with Gasteiger partial charge in [-0.2, -0.15) is 0 Å². The van der Waals surface area contributed by atoms with E-state index in [2.05, 4.69) is 140 Å². The van der Waals surface area contributed by atoms with E-state index in [1.165, 1.54) is 39.0 Å². The summed E-state index contributed by atoms with van der Waals surface area (Å²) in [5, 5.41) is 13.4. The fraction of sp³-hybridized carbons (Fsp3) is 0.421. The van der Waals surface area contributed by atoms with Crippen molar-refractivity contribution < 1.29 is 14.6 Å². The van der Waals surface area contributed by atoms with E-state index in [0.717, 1.165) is 12.8 Å². The summed E-state index contributed by atoms with van der Waals surface area (Å²) in [6.45, 7) is 23.7. The van der Waals surface area contributed by atoms with E-state index in [0.29, 0.717) is 5.92 Å². The summed E-state index contributed by atoms with van der Waals surface area (Å²) in [4.78, 5) is 0. The van der Waals surface area contributed by atoms with Crippen LogP contribution in [0, 0.1) is 33.6 Å². The maximum absolute atomic E-state index is 3.69. The van der Waals surface area contributed by atoms with E-state index < -0.39 is 20.5 Å². The Labute approximate surface area is 247 Å². The molecule has 3 aromatic rings. The summed E-state index contributed by atoms with van der Waals surface area (Å²) in [6, 6.07) is 22.6. The van der Waals surface area contributed by atoms with Crippen LogP contribution in [0.5, 0.6) is 0 Å². The second-order valence-corrected chi connectivity index (χ2v) is 38.8. The predicted octanol–water partition coefficient (Wildman–Crippen LogP) is 9.11. The molecule has 0 saturated carbocycles. The summed E-state index contributed by atoms with van der Waals surface area (Å²) in [5.74, 6) is -2.11. The van der Waals surface area contributed by atoms with Gasteiger partial charge in [0.25, 0.3) is 0 Å². The molecular formula is C38H53SiTi. The second-order valence-electron chi connectivity index (χ2n) is 14.3. The maximum atomic E-state index is 2.81. The van der Waals surface area contributed by atoms with Crippen LogP contribution < -0.4 is 15.6 Å². The standard InChI is InChI=1S/C26H31Si.C9H13.3CH3.Ti/c1-7-22-15-23(8-2)17-24(16-22)27(25-11-9-18(3)13-20(25)5)26-12-10-19(4)14-21(26)6;1-6-5-7(2)9(4)8(6)3;;;;/h9-17H,7-8H2,1-6H3;6H,1-4H3;3*1H3;. The molecule has 0 N–H and O–H groups in total. The molecule has 0 fully saturated rings. The summed E-state index contributed by atoms with van der Waals surface area (Å²) in [7, 11) is 0. The molecule has 1 atom stereocenters. The number of hydrogen-bond acceptors (Lipinski definition) is 0. The van der Waals surface area contributed by atoms with Crippen LogP contribution in [0.3, 0.4) is 0 Å². The van der Waals surface area contributed by atoms with Crippen molar-refractivity contribution in [3.63, 3.8) is 0 Å². The van der Waals surface area contributed by atoms with E-state index in [-0.39, 0.29) is 0 Å². The number of aryl methyl sites for hydroxylation is 6. The summed E-state index contributed by atoms with van der Waals surface area (Å²) in [6.07, 6.45) is 2.14. The molecule has 2 heteroatoms. The molecule has 1 unspecified atom stereocenters. The van der Waals surface area contributed by atoms with Gasteiger partial charge in [-0.15, -0.1) is 0 Å². The third-order valence-electron chi connectivity index (χ3n) is 10.8. The summed E-state index contributed by atoms with van der Waals surface area (Å²) < 4.78 is 1.82. The van der Waals surface area contributed by atoms with Gasteiger partial charge in [0.15, 0.2) is 0 Å². The third kappa shape index (κ3) is 4.61. The average molecular weight is 586 g/mol. The molecular weight excluding hydrogens is 532 g/mol. The molecule has 1 aliphatic rings. The molecule has 0 aromatic heterocycles. The van der Waals surface area contributed by atoms with E-state index in [1.807, 2.05) is 3.88 Å². The zero-order chi connectivity index (χ0) is 29.8. The monoisotopic (exact) mass is 585 g/mol. The topological polar surface area (TPSA) is 0 Å². The molecule has 0 spiro atoms. The Morgan fingerprint density at radius 2 is 1.07 bits per heavy atom. The van der Waals surface area contributed by atoms with Crippen LogP contribution >= 0.6 is 0 Å². The van der Waals surface area contributed by atoms with Crippen molar-refractivity contribution in [2.75, 3.05) is 0 Å². The Balaban J connectivity index is 2.36. The van der Waals surface area contributed by atoms with Crippen molar-refractivity contribution in [3.05, 3.63) is 109 Å². The number of allylic oxidation sites excluding steroid dienone is 4. The Morgan fingerprint density at radius 3 is 1.43 bits per heavy atom. The number of hydrogen-bond donors (Lipinski definition) is 0. The van der Waals surface area contributed by atoms with Crippen LogP contribution in [-0.4, -0.2) is 5.94 Å². The van der Waals surface area contributed by atoms with E-state index in [4.69, 9.17) is 0 Å². The van der Waals surface area contributed by atoms with Gasteiger partial charge in [-0.1, -0.05) is 0 Å². The summed E-state index contributed by atoms with van der Waals surface area (Å²) in [5.41, 5.74) is 13.3. The fourth-order valence-corrected chi connectivity index (χ4v) is 41.2. The molecule has 0 heterocycles. The van der Waals surface area contributed by atoms with Crippen molar-refractivity contribution >= 4 is 21.5 Å². The van der Waals surface area contributed by atoms with Crippen molar-refractivity contribution in [2.45, 2.75) is 97.8 Å². The first-order valence-corrected chi connectivity index (χ1v) is 25.3. The zero-order valence-corrected chi connectivity index (χ0v) is 30.2. The Hall–Kier alpha value is -1.93. The van der Waals surface area contributed by atoms with Crippen LogP contribution in [0.15, 0.2) is 75.2 Å². The van der Waals surface area contributed by atoms with Gasteiger partial charge >= 0.3 is 248 Å². The third-order valence-corrected chi connectivity index (χ3v) is 38.8. The SMILES string of the molecule is CCc1cc(CC)cc([Si](c2ccc(C)cc2C)(c2ccc(C)cc2C)[Ti]([CH3])([CH3])([CH3])[C]2=C(C)C(C)=C(C)C2C)c1. The minimum absolute atomic E-state index is 0.500. The van der Waals surface area contributed by atoms with Gasteiger partial charge in [0.2, 0.25) is 0 Å². The minimum atomic E-state index is -3.69. The Bertz CT molecular complexity index is 1470. The van der Waals surface area contributed by atoms with Gasteiger partial charge in [-0.3, -0.25) is 0 Å². The molecule has 0 aliphatic heterocycles. The van der Waals surface area contributed by atoms with Crippen LogP contribution in [0.2, 0.25) is 15.7 Å². The van der Waals surface area contributed by atoms with Crippen LogP contribution in [0.1, 0.15) is 74.9 Å². The molecule has 0 amide bonds. The fourth-order valence-electron chi connectivity index (χ4n) is 8.74. The van der Waals surface area contributed by atoms with Gasteiger partial charge in [0.05, 0.1) is 0 Å². The molecule has 40 heavy (non-hydrogen) atoms. The quantitative estimate of drug-likeness (QED) is 0.192. The summed E-state index contributed by atoms with van der Waals surface area (Å²) >= 11 is -3.69. The van der Waals surface area contributed by atoms with E-state index >= 15 is 0 Å². The van der Waals surface area contributed by atoms with Crippen LogP contribution in [0.4, 0.5) is 0 Å². The zero-order valence-electron chi connectivity index (χ0n) is 27.7. The Kier molecular flexibility index (Phi) is 8.31. The molecule has 0 bridgehead atoms. The first kappa shape index (κ1) is 31.0. The number of benzene rings is 3. The van der Waals surface area contributed by atoms with Crippen molar-refractivity contribution in [1.82, 2.24) is 0 Å². The van der Waals surface area contributed by atoms with Gasteiger partial charge in [0, 0.05) is 0 Å². The molecule has 4 rings (SSSR count). The molecule has 0 radical (unpaired) electrons. The second kappa shape index (κ2) is 10.7. The van der Waals surface area contributed by atoms with Crippen LogP contribution in [0.25, 0.3) is 0 Å². The van der Waals surface area contributed by atoms with Gasteiger partial charge in [-0.25, -0.2) is 0 Å². The molecule has 0 saturated heterocycles. The van der Waals surface area contributed by atoms with Crippen molar-refractivity contribution in [3.8, 4) is 0 Å². The number of rotatable bonds is 7. The first-order valence-electron chi connectivity index (χ1n) is 15.5.